The van der Waals surface area contributed by atoms with E-state index in [0.29, 0.717) is 6.61 Å². The molecule has 0 N–H and O–H groups in total. The Balaban J connectivity index is 3.70. The van der Waals surface area contributed by atoms with Crippen molar-refractivity contribution in [3.63, 3.8) is 0 Å². The average molecular weight is 326 g/mol. The molecule has 0 saturated carbocycles. The van der Waals surface area contributed by atoms with E-state index in [-0.39, 0.29) is 10.8 Å². The summed E-state index contributed by atoms with van der Waals surface area (Å²) in [5, 5.41) is 1.15. The van der Waals surface area contributed by atoms with Gasteiger partial charge >= 0.3 is 0 Å². The topological polar surface area (TPSA) is 27.7 Å². The molecule has 0 radical (unpaired) electrons. The van der Waals surface area contributed by atoms with E-state index in [1.165, 1.54) is 11.1 Å². The van der Waals surface area contributed by atoms with Gasteiger partial charge in [0.15, 0.2) is 0 Å². The van der Waals surface area contributed by atoms with Crippen molar-refractivity contribution in [3.05, 3.63) is 28.8 Å². The fourth-order valence-electron chi connectivity index (χ4n) is 2.44. The van der Waals surface area contributed by atoms with Crippen molar-refractivity contribution in [2.24, 2.45) is 0 Å². The molecular weight excluding hydrogens is 295 g/mol. The van der Waals surface area contributed by atoms with Crippen LogP contribution in [0.25, 0.3) is 0 Å². The minimum Gasteiger partial charge on any atom is -0.380 e. The Kier molecular flexibility index (Phi) is 6.58. The van der Waals surface area contributed by atoms with Crippen molar-refractivity contribution in [2.45, 2.75) is 59.0 Å². The fourth-order valence-corrected chi connectivity index (χ4v) is 3.91. The lowest BCUT2D eigenvalue weighted by atomic mass is 9.79. The highest BCUT2D eigenvalue weighted by Crippen LogP contribution is 2.42. The second-order valence-corrected chi connectivity index (χ2v) is 9.28. The minimum atomic E-state index is -1.10. The van der Waals surface area contributed by atoms with Gasteiger partial charge in [-0.05, 0) is 27.5 Å². The average Bonchev–Trinajstić information content (AvgIpc) is 2.39. The van der Waals surface area contributed by atoms with Crippen LogP contribution in [0.2, 0.25) is 0 Å². The van der Waals surface area contributed by atoms with Gasteiger partial charge in [0.25, 0.3) is 0 Å². The summed E-state index contributed by atoms with van der Waals surface area (Å²) in [6.45, 7) is 14.0. The summed E-state index contributed by atoms with van der Waals surface area (Å²) in [5.41, 5.74) is 3.85. The van der Waals surface area contributed by atoms with Crippen molar-refractivity contribution in [2.75, 3.05) is 21.3 Å². The maximum atomic E-state index is 5.62. The smallest absolute Gasteiger partial charge is 0.205 e. The zero-order valence-corrected chi connectivity index (χ0v) is 16.4. The maximum absolute atomic E-state index is 5.62. The van der Waals surface area contributed by atoms with Gasteiger partial charge in [-0.3, -0.25) is 0 Å². The Hall–Kier alpha value is -0.470. The lowest BCUT2D eigenvalue weighted by Crippen LogP contribution is -2.28. The van der Waals surface area contributed by atoms with Crippen LogP contribution in [-0.4, -0.2) is 21.3 Å². The third-order valence-corrected chi connectivity index (χ3v) is 5.23. The molecule has 0 atom stereocenters. The Morgan fingerprint density at radius 2 is 1.41 bits per heavy atom. The monoisotopic (exact) mass is 326 g/mol. The van der Waals surface area contributed by atoms with Crippen LogP contribution in [0.3, 0.4) is 0 Å². The second kappa shape index (κ2) is 7.40. The molecule has 3 nitrogen and oxygen atoms in total. The van der Waals surface area contributed by atoms with Crippen LogP contribution in [0.5, 0.6) is 0 Å². The van der Waals surface area contributed by atoms with E-state index in [4.69, 9.17) is 13.8 Å². The number of methoxy groups -OCH3 is 1. The van der Waals surface area contributed by atoms with Gasteiger partial charge in [-0.25, -0.2) is 0 Å². The zero-order chi connectivity index (χ0) is 17.1. The van der Waals surface area contributed by atoms with Crippen molar-refractivity contribution in [3.8, 4) is 0 Å². The molecule has 0 unspecified atom stereocenters. The fraction of sp³-hybridized carbons (Fsp3) is 0.667. The van der Waals surface area contributed by atoms with E-state index in [1.807, 2.05) is 0 Å². The Morgan fingerprint density at radius 1 is 0.864 bits per heavy atom. The van der Waals surface area contributed by atoms with Crippen LogP contribution in [0.15, 0.2) is 12.1 Å². The molecule has 0 aromatic heterocycles. The normalized spacial score (nSPS) is 13.0. The quantitative estimate of drug-likeness (QED) is 0.737. The van der Waals surface area contributed by atoms with Gasteiger partial charge in [0.2, 0.25) is 8.38 Å². The molecule has 0 heterocycles. The molecular formula is C18H31O3P. The molecule has 0 bridgehead atoms. The molecule has 0 saturated heterocycles. The van der Waals surface area contributed by atoms with Gasteiger partial charge in [-0.15, -0.1) is 0 Å². The van der Waals surface area contributed by atoms with Crippen molar-refractivity contribution in [1.29, 1.82) is 0 Å². The summed E-state index contributed by atoms with van der Waals surface area (Å²) >= 11 is 0. The Labute approximate surface area is 137 Å². The SMILES string of the molecule is COCc1cc(C(C)(C)C)cc(C(C)(C)C)c1P(OC)OC. The molecule has 4 heteroatoms. The van der Waals surface area contributed by atoms with Crippen LogP contribution >= 0.6 is 8.38 Å². The van der Waals surface area contributed by atoms with Crippen molar-refractivity contribution in [1.82, 2.24) is 0 Å². The molecule has 1 aromatic rings. The largest absolute Gasteiger partial charge is 0.380 e. The van der Waals surface area contributed by atoms with E-state index < -0.39 is 8.38 Å². The van der Waals surface area contributed by atoms with Crippen LogP contribution < -0.4 is 5.30 Å². The van der Waals surface area contributed by atoms with Gasteiger partial charge in [-0.2, -0.15) is 0 Å². The van der Waals surface area contributed by atoms with E-state index in [9.17, 15) is 0 Å². The number of benzene rings is 1. The summed E-state index contributed by atoms with van der Waals surface area (Å²) in [7, 11) is 4.04. The second-order valence-electron chi connectivity index (χ2n) is 7.59. The maximum Gasteiger partial charge on any atom is 0.205 e. The summed E-state index contributed by atoms with van der Waals surface area (Å²) in [5.74, 6) is 0. The number of hydrogen-bond acceptors (Lipinski definition) is 3. The molecule has 0 amide bonds. The first-order chi connectivity index (χ1) is 10.1. The summed E-state index contributed by atoms with van der Waals surface area (Å²) in [4.78, 5) is 0. The Morgan fingerprint density at radius 3 is 1.77 bits per heavy atom. The third kappa shape index (κ3) is 4.52. The highest BCUT2D eigenvalue weighted by Gasteiger charge is 2.29. The lowest BCUT2D eigenvalue weighted by Gasteiger charge is -2.31. The highest BCUT2D eigenvalue weighted by atomic mass is 31.2. The van der Waals surface area contributed by atoms with Crippen molar-refractivity contribution >= 4 is 13.7 Å². The molecule has 126 valence electrons. The molecule has 0 aliphatic heterocycles. The molecule has 0 aliphatic rings. The number of rotatable bonds is 5. The predicted octanol–water partition coefficient (Wildman–Crippen LogP) is 4.66. The zero-order valence-electron chi connectivity index (χ0n) is 15.5. The number of hydrogen-bond donors (Lipinski definition) is 0. The van der Waals surface area contributed by atoms with Gasteiger partial charge < -0.3 is 13.8 Å². The molecule has 22 heavy (non-hydrogen) atoms. The molecule has 0 spiro atoms. The summed E-state index contributed by atoms with van der Waals surface area (Å²) < 4.78 is 16.7. The summed E-state index contributed by atoms with van der Waals surface area (Å²) in [6, 6.07) is 4.54. The first-order valence-corrected chi connectivity index (χ1v) is 8.79. The van der Waals surface area contributed by atoms with Crippen molar-refractivity contribution < 1.29 is 13.8 Å². The molecule has 0 fully saturated rings. The molecule has 1 rings (SSSR count). The van der Waals surface area contributed by atoms with E-state index in [1.54, 1.807) is 21.3 Å². The van der Waals surface area contributed by atoms with E-state index in [0.717, 1.165) is 10.9 Å². The Bertz CT molecular complexity index is 494. The first-order valence-electron chi connectivity index (χ1n) is 7.61. The first kappa shape index (κ1) is 19.6. The van der Waals surface area contributed by atoms with E-state index >= 15 is 0 Å². The van der Waals surface area contributed by atoms with Gasteiger partial charge in [-0.1, -0.05) is 53.7 Å². The van der Waals surface area contributed by atoms with Gasteiger partial charge in [0.05, 0.1) is 6.61 Å². The third-order valence-electron chi connectivity index (χ3n) is 3.68. The van der Waals surface area contributed by atoms with Crippen LogP contribution in [0, 0.1) is 0 Å². The highest BCUT2D eigenvalue weighted by molar-refractivity contribution is 7.56. The van der Waals surface area contributed by atoms with Crippen LogP contribution in [0.1, 0.15) is 58.2 Å². The molecule has 1 aromatic carbocycles. The van der Waals surface area contributed by atoms with Crippen LogP contribution in [-0.2, 0) is 31.2 Å². The summed E-state index contributed by atoms with van der Waals surface area (Å²) in [6.07, 6.45) is 0. The van der Waals surface area contributed by atoms with Crippen LogP contribution in [0.4, 0.5) is 0 Å². The molecule has 0 aliphatic carbocycles. The minimum absolute atomic E-state index is 0.0106. The standard InChI is InChI=1S/C18H31O3P/c1-17(2,3)14-10-13(12-19-7)16(22(20-8)21-9)15(11-14)18(4,5)6/h10-11H,12H2,1-9H3. The van der Waals surface area contributed by atoms with Gasteiger partial charge in [0.1, 0.15) is 0 Å². The lowest BCUT2D eigenvalue weighted by molar-refractivity contribution is 0.185. The predicted molar refractivity (Wildman–Crippen MR) is 95.1 cm³/mol. The van der Waals surface area contributed by atoms with E-state index in [2.05, 4.69) is 53.7 Å². The van der Waals surface area contributed by atoms with Gasteiger partial charge in [0, 0.05) is 26.6 Å². The number of ether oxygens (including phenoxy) is 1.